The number of carboxylic acid groups (broad SMARTS) is 1. The minimum Gasteiger partial charge on any atom is -0.478 e. The van der Waals surface area contributed by atoms with E-state index in [2.05, 4.69) is 30.8 Å². The zero-order valence-corrected chi connectivity index (χ0v) is 11.2. The molecular formula is C10H6BrN3O3S. The van der Waals surface area contributed by atoms with Gasteiger partial charge in [-0.3, -0.25) is 4.79 Å². The molecule has 0 radical (unpaired) electrons. The van der Waals surface area contributed by atoms with Crippen molar-refractivity contribution in [2.24, 2.45) is 0 Å². The fourth-order valence-electron chi connectivity index (χ4n) is 1.25. The summed E-state index contributed by atoms with van der Waals surface area (Å²) in [7, 11) is 0. The summed E-state index contributed by atoms with van der Waals surface area (Å²) in [6.45, 7) is 0. The zero-order valence-electron chi connectivity index (χ0n) is 8.75. The monoisotopic (exact) mass is 327 g/mol. The Morgan fingerprint density at radius 1 is 1.39 bits per heavy atom. The molecule has 1 aromatic carbocycles. The molecule has 0 saturated carbocycles. The van der Waals surface area contributed by atoms with Crippen LogP contribution in [-0.4, -0.2) is 26.6 Å². The van der Waals surface area contributed by atoms with Crippen molar-refractivity contribution in [3.05, 3.63) is 39.3 Å². The van der Waals surface area contributed by atoms with Crippen LogP contribution in [0.3, 0.4) is 0 Å². The fraction of sp³-hybridized carbons (Fsp3) is 0. The van der Waals surface area contributed by atoms with Crippen LogP contribution in [0.5, 0.6) is 0 Å². The summed E-state index contributed by atoms with van der Waals surface area (Å²) < 4.78 is 4.19. The van der Waals surface area contributed by atoms with E-state index in [0.717, 1.165) is 11.5 Å². The van der Waals surface area contributed by atoms with Crippen LogP contribution >= 0.6 is 27.5 Å². The van der Waals surface area contributed by atoms with Crippen molar-refractivity contribution in [3.63, 3.8) is 0 Å². The highest BCUT2D eigenvalue weighted by molar-refractivity contribution is 9.10. The molecule has 0 aliphatic rings. The van der Waals surface area contributed by atoms with Crippen molar-refractivity contribution in [3.8, 4) is 0 Å². The highest BCUT2D eigenvalue weighted by Crippen LogP contribution is 2.22. The summed E-state index contributed by atoms with van der Waals surface area (Å²) in [5.41, 5.74) is 0.235. The van der Waals surface area contributed by atoms with Gasteiger partial charge in [-0.25, -0.2) is 4.79 Å². The molecule has 2 N–H and O–H groups in total. The third-order valence-electron chi connectivity index (χ3n) is 2.05. The Labute approximate surface area is 114 Å². The van der Waals surface area contributed by atoms with Crippen molar-refractivity contribution in [1.82, 2.24) is 9.59 Å². The highest BCUT2D eigenvalue weighted by atomic mass is 79.9. The number of aromatic nitrogens is 2. The van der Waals surface area contributed by atoms with Crippen LogP contribution in [0.1, 0.15) is 20.0 Å². The van der Waals surface area contributed by atoms with Gasteiger partial charge in [0.2, 0.25) is 0 Å². The van der Waals surface area contributed by atoms with Crippen LogP contribution in [-0.2, 0) is 0 Å². The Kier molecular flexibility index (Phi) is 3.68. The molecule has 1 amide bonds. The molecule has 0 atom stereocenters. The summed E-state index contributed by atoms with van der Waals surface area (Å²) >= 11 is 4.11. The number of anilines is 1. The number of carboxylic acids is 1. The van der Waals surface area contributed by atoms with Crippen LogP contribution in [0, 0.1) is 0 Å². The number of nitrogens with one attached hydrogen (secondary N) is 1. The van der Waals surface area contributed by atoms with Gasteiger partial charge in [-0.15, -0.1) is 5.10 Å². The molecule has 2 aromatic rings. The van der Waals surface area contributed by atoms with Gasteiger partial charge in [-0.1, -0.05) is 20.4 Å². The van der Waals surface area contributed by atoms with Crippen molar-refractivity contribution in [2.75, 3.05) is 5.32 Å². The first kappa shape index (κ1) is 12.7. The maximum Gasteiger partial charge on any atom is 0.337 e. The van der Waals surface area contributed by atoms with Gasteiger partial charge in [0.15, 0.2) is 0 Å². The quantitative estimate of drug-likeness (QED) is 0.901. The Morgan fingerprint density at radius 2 is 2.17 bits per heavy atom. The first-order valence-electron chi connectivity index (χ1n) is 4.69. The van der Waals surface area contributed by atoms with E-state index < -0.39 is 11.9 Å². The number of hydrogen-bond donors (Lipinski definition) is 2. The Hall–Kier alpha value is -1.80. The van der Waals surface area contributed by atoms with Gasteiger partial charge in [0.25, 0.3) is 5.91 Å². The molecule has 1 aromatic heterocycles. The number of benzene rings is 1. The molecule has 0 fully saturated rings. The summed E-state index contributed by atoms with van der Waals surface area (Å²) in [5, 5.41) is 15.1. The second-order valence-corrected chi connectivity index (χ2v) is 4.93. The Morgan fingerprint density at radius 3 is 2.78 bits per heavy atom. The maximum atomic E-state index is 11.7. The molecule has 2 rings (SSSR count). The lowest BCUT2D eigenvalue weighted by atomic mass is 10.2. The molecule has 0 saturated heterocycles. The van der Waals surface area contributed by atoms with Gasteiger partial charge >= 0.3 is 5.97 Å². The van der Waals surface area contributed by atoms with Gasteiger partial charge in [0.1, 0.15) is 4.88 Å². The maximum absolute atomic E-state index is 11.7. The number of amides is 1. The lowest BCUT2D eigenvalue weighted by Crippen LogP contribution is -2.13. The third-order valence-corrected chi connectivity index (χ3v) is 3.20. The number of carbonyl (C=O) groups is 2. The van der Waals surface area contributed by atoms with E-state index in [0.29, 0.717) is 9.35 Å². The number of halogens is 1. The average molecular weight is 328 g/mol. The molecule has 0 bridgehead atoms. The van der Waals surface area contributed by atoms with Gasteiger partial charge in [0, 0.05) is 4.47 Å². The van der Waals surface area contributed by atoms with E-state index in [9.17, 15) is 9.59 Å². The smallest absolute Gasteiger partial charge is 0.337 e. The lowest BCUT2D eigenvalue weighted by molar-refractivity contribution is 0.0698. The van der Waals surface area contributed by atoms with Gasteiger partial charge in [-0.2, -0.15) is 0 Å². The second-order valence-electron chi connectivity index (χ2n) is 3.23. The van der Waals surface area contributed by atoms with E-state index >= 15 is 0 Å². The molecule has 18 heavy (non-hydrogen) atoms. The molecule has 1 heterocycles. The normalized spacial score (nSPS) is 10.1. The Bertz CT molecular complexity index is 600. The lowest BCUT2D eigenvalue weighted by Gasteiger charge is -2.07. The van der Waals surface area contributed by atoms with Gasteiger partial charge in [-0.05, 0) is 29.7 Å². The van der Waals surface area contributed by atoms with E-state index in [1.807, 2.05) is 0 Å². The number of carbonyl (C=O) groups excluding carboxylic acids is 1. The first-order valence-corrected chi connectivity index (χ1v) is 6.26. The van der Waals surface area contributed by atoms with Gasteiger partial charge < -0.3 is 10.4 Å². The number of rotatable bonds is 3. The molecule has 0 aliphatic carbocycles. The average Bonchev–Trinajstić information content (AvgIpc) is 2.84. The number of aromatic carboxylic acids is 1. The molecule has 6 nitrogen and oxygen atoms in total. The van der Waals surface area contributed by atoms with Crippen LogP contribution in [0.25, 0.3) is 0 Å². The minimum absolute atomic E-state index is 0.00944. The predicted octanol–water partition coefficient (Wildman–Crippen LogP) is 2.25. The van der Waals surface area contributed by atoms with E-state index in [1.54, 1.807) is 6.07 Å². The molecule has 8 heteroatoms. The fourth-order valence-corrected chi connectivity index (χ4v) is 2.03. The van der Waals surface area contributed by atoms with Crippen molar-refractivity contribution >= 4 is 45.0 Å². The Balaban J connectivity index is 2.29. The number of nitrogens with zero attached hydrogens (tertiary/aromatic N) is 2. The second kappa shape index (κ2) is 5.23. The van der Waals surface area contributed by atoms with E-state index in [4.69, 9.17) is 5.11 Å². The van der Waals surface area contributed by atoms with E-state index in [-0.39, 0.29) is 11.3 Å². The highest BCUT2D eigenvalue weighted by Gasteiger charge is 2.15. The number of hydrogen-bond acceptors (Lipinski definition) is 5. The zero-order chi connectivity index (χ0) is 13.1. The van der Waals surface area contributed by atoms with E-state index in [1.165, 1.54) is 18.3 Å². The van der Waals surface area contributed by atoms with Crippen LogP contribution in [0.15, 0.2) is 28.9 Å². The van der Waals surface area contributed by atoms with Crippen LogP contribution in [0.4, 0.5) is 5.69 Å². The molecule has 0 aliphatic heterocycles. The van der Waals surface area contributed by atoms with Crippen LogP contribution in [0.2, 0.25) is 0 Å². The summed E-state index contributed by atoms with van der Waals surface area (Å²) in [4.78, 5) is 23.1. The third kappa shape index (κ3) is 2.71. The summed E-state index contributed by atoms with van der Waals surface area (Å²) in [6.07, 6.45) is 1.32. The largest absolute Gasteiger partial charge is 0.478 e. The van der Waals surface area contributed by atoms with Gasteiger partial charge in [0.05, 0.1) is 17.4 Å². The summed E-state index contributed by atoms with van der Waals surface area (Å²) in [6, 6.07) is 4.58. The van der Waals surface area contributed by atoms with Crippen molar-refractivity contribution in [1.29, 1.82) is 0 Å². The molecule has 0 spiro atoms. The predicted molar refractivity (Wildman–Crippen MR) is 69.0 cm³/mol. The standard InChI is InChI=1S/C10H6BrN3O3S/c11-5-1-2-7(6(3-5)10(16)17)13-9(15)8-4-12-14-18-8/h1-4H,(H,13,15)(H,16,17). The van der Waals surface area contributed by atoms with Crippen molar-refractivity contribution in [2.45, 2.75) is 0 Å². The first-order chi connectivity index (χ1) is 8.58. The minimum atomic E-state index is -1.12. The molecular weight excluding hydrogens is 322 g/mol. The van der Waals surface area contributed by atoms with Crippen molar-refractivity contribution < 1.29 is 14.7 Å². The summed E-state index contributed by atoms with van der Waals surface area (Å²) in [5.74, 6) is -1.55. The van der Waals surface area contributed by atoms with Crippen LogP contribution < -0.4 is 5.32 Å². The topological polar surface area (TPSA) is 92.2 Å². The molecule has 0 unspecified atom stereocenters. The SMILES string of the molecule is O=C(Nc1ccc(Br)cc1C(=O)O)c1cnns1. The molecule has 92 valence electrons.